The summed E-state index contributed by atoms with van der Waals surface area (Å²) < 4.78 is 46.3. The number of halogens is 5. The number of nitrogens with one attached hydrogen (secondary N) is 1. The number of nitrogens with zero attached hydrogens (tertiary/aromatic N) is 2. The van der Waals surface area contributed by atoms with Gasteiger partial charge in [0.25, 0.3) is 0 Å². The van der Waals surface area contributed by atoms with Crippen molar-refractivity contribution in [2.75, 3.05) is 5.32 Å². The summed E-state index contributed by atoms with van der Waals surface area (Å²) >= 11 is 6.33. The number of hydrogen-bond acceptors (Lipinski definition) is 6. The Balaban J connectivity index is 1.77. The number of anilines is 1. The molecule has 3 rings (SSSR count). The standard InChI is InChI=1S/C16H8Br2F3N3O4/c17-10-4-7(5-11(18)12(10)25)13-23-15(28-24-13)14(26)22-8-2-1-3-9(6-8)27-16(19,20)21/h1-6,25H,(H,22,26). The van der Waals surface area contributed by atoms with Gasteiger partial charge < -0.3 is 19.7 Å². The minimum Gasteiger partial charge on any atom is -0.506 e. The summed E-state index contributed by atoms with van der Waals surface area (Å²) in [6, 6.07) is 7.77. The topological polar surface area (TPSA) is 97.5 Å². The zero-order chi connectivity index (χ0) is 20.5. The smallest absolute Gasteiger partial charge is 0.506 e. The van der Waals surface area contributed by atoms with E-state index in [-0.39, 0.29) is 17.3 Å². The fourth-order valence-corrected chi connectivity index (χ4v) is 3.27. The van der Waals surface area contributed by atoms with Crippen LogP contribution in [-0.4, -0.2) is 27.5 Å². The van der Waals surface area contributed by atoms with Crippen molar-refractivity contribution in [3.8, 4) is 22.9 Å². The molecule has 2 N–H and O–H groups in total. The van der Waals surface area contributed by atoms with Crippen LogP contribution in [0.5, 0.6) is 11.5 Å². The molecule has 1 aromatic heterocycles. The maximum absolute atomic E-state index is 12.3. The molecule has 0 atom stereocenters. The first-order valence-corrected chi connectivity index (χ1v) is 8.90. The summed E-state index contributed by atoms with van der Waals surface area (Å²) in [5.41, 5.74) is 0.488. The van der Waals surface area contributed by atoms with Crippen LogP contribution in [0.15, 0.2) is 49.9 Å². The summed E-state index contributed by atoms with van der Waals surface area (Å²) in [7, 11) is 0. The molecule has 0 aliphatic rings. The number of ether oxygens (including phenoxy) is 1. The number of phenols is 1. The number of benzene rings is 2. The summed E-state index contributed by atoms with van der Waals surface area (Å²) in [6.45, 7) is 0. The molecule has 12 heteroatoms. The lowest BCUT2D eigenvalue weighted by Gasteiger charge is -2.10. The number of carbonyl (C=O) groups excluding carboxylic acids is 1. The number of aromatic nitrogens is 2. The summed E-state index contributed by atoms with van der Waals surface area (Å²) in [4.78, 5) is 16.2. The molecular formula is C16H8Br2F3N3O4. The van der Waals surface area contributed by atoms with Gasteiger partial charge in [-0.25, -0.2) is 0 Å². The fraction of sp³-hybridized carbons (Fsp3) is 0.0625. The second kappa shape index (κ2) is 7.80. The van der Waals surface area contributed by atoms with Crippen molar-refractivity contribution in [2.24, 2.45) is 0 Å². The molecule has 7 nitrogen and oxygen atoms in total. The first kappa shape index (κ1) is 20.1. The lowest BCUT2D eigenvalue weighted by Crippen LogP contribution is -2.17. The van der Waals surface area contributed by atoms with Gasteiger partial charge in [0, 0.05) is 17.3 Å². The van der Waals surface area contributed by atoms with Gasteiger partial charge in [-0.15, -0.1) is 13.2 Å². The van der Waals surface area contributed by atoms with Gasteiger partial charge in [0.15, 0.2) is 0 Å². The minimum absolute atomic E-state index is 0.0221. The number of phenolic OH excluding ortho intramolecular Hbond substituents is 1. The zero-order valence-corrected chi connectivity index (χ0v) is 16.6. The maximum atomic E-state index is 12.3. The Labute approximate surface area is 171 Å². The molecule has 0 unspecified atom stereocenters. The van der Waals surface area contributed by atoms with Crippen LogP contribution in [0.25, 0.3) is 11.4 Å². The molecule has 0 aliphatic heterocycles. The van der Waals surface area contributed by atoms with Crippen LogP contribution in [-0.2, 0) is 0 Å². The van der Waals surface area contributed by atoms with Gasteiger partial charge in [-0.2, -0.15) is 4.98 Å². The quantitative estimate of drug-likeness (QED) is 0.493. The lowest BCUT2D eigenvalue weighted by atomic mass is 10.2. The van der Waals surface area contributed by atoms with E-state index in [0.29, 0.717) is 14.5 Å². The maximum Gasteiger partial charge on any atom is 0.573 e. The van der Waals surface area contributed by atoms with Gasteiger partial charge >= 0.3 is 18.2 Å². The van der Waals surface area contributed by atoms with Crippen molar-refractivity contribution < 1.29 is 32.3 Å². The van der Waals surface area contributed by atoms with Crippen LogP contribution in [0, 0.1) is 0 Å². The van der Waals surface area contributed by atoms with Gasteiger partial charge in [0.2, 0.25) is 5.82 Å². The van der Waals surface area contributed by atoms with Crippen molar-refractivity contribution >= 4 is 43.5 Å². The molecule has 28 heavy (non-hydrogen) atoms. The Bertz CT molecular complexity index is 1020. The number of alkyl halides is 3. The Hall–Kier alpha value is -2.60. The SMILES string of the molecule is O=C(Nc1cccc(OC(F)(F)F)c1)c1nc(-c2cc(Br)c(O)c(Br)c2)no1. The van der Waals surface area contributed by atoms with Crippen molar-refractivity contribution in [3.05, 3.63) is 51.2 Å². The molecule has 0 bridgehead atoms. The van der Waals surface area contributed by atoms with Gasteiger partial charge in [-0.3, -0.25) is 4.79 Å². The van der Waals surface area contributed by atoms with Crippen LogP contribution >= 0.6 is 31.9 Å². The van der Waals surface area contributed by atoms with Gasteiger partial charge in [0.1, 0.15) is 11.5 Å². The second-order valence-electron chi connectivity index (χ2n) is 5.24. The molecule has 0 fully saturated rings. The van der Waals surface area contributed by atoms with Crippen molar-refractivity contribution in [3.63, 3.8) is 0 Å². The van der Waals surface area contributed by atoms with E-state index in [2.05, 4.69) is 52.1 Å². The van der Waals surface area contributed by atoms with Crippen molar-refractivity contribution in [1.29, 1.82) is 0 Å². The van der Waals surface area contributed by atoms with E-state index >= 15 is 0 Å². The van der Waals surface area contributed by atoms with Crippen LogP contribution in [0.1, 0.15) is 10.7 Å². The molecular weight excluding hydrogens is 515 g/mol. The van der Waals surface area contributed by atoms with Crippen molar-refractivity contribution in [2.45, 2.75) is 6.36 Å². The molecule has 1 heterocycles. The Morgan fingerprint density at radius 1 is 1.18 bits per heavy atom. The number of aromatic hydroxyl groups is 1. The molecule has 1 amide bonds. The van der Waals surface area contributed by atoms with E-state index in [9.17, 15) is 23.1 Å². The normalized spacial score (nSPS) is 11.3. The second-order valence-corrected chi connectivity index (χ2v) is 6.95. The molecule has 0 spiro atoms. The Kier molecular flexibility index (Phi) is 5.61. The number of amides is 1. The highest BCUT2D eigenvalue weighted by Crippen LogP contribution is 2.36. The van der Waals surface area contributed by atoms with Crippen LogP contribution < -0.4 is 10.1 Å². The highest BCUT2D eigenvalue weighted by molar-refractivity contribution is 9.11. The molecule has 2 aromatic carbocycles. The molecule has 0 aliphatic carbocycles. The van der Waals surface area contributed by atoms with E-state index in [4.69, 9.17) is 4.52 Å². The Morgan fingerprint density at radius 2 is 1.86 bits per heavy atom. The third kappa shape index (κ3) is 4.81. The third-order valence-electron chi connectivity index (χ3n) is 3.22. The molecule has 146 valence electrons. The predicted octanol–water partition coefficient (Wildman–Crippen LogP) is 5.12. The predicted molar refractivity (Wildman–Crippen MR) is 97.9 cm³/mol. The minimum atomic E-state index is -4.85. The first-order valence-electron chi connectivity index (χ1n) is 7.31. The van der Waals surface area contributed by atoms with Crippen LogP contribution in [0.3, 0.4) is 0 Å². The van der Waals surface area contributed by atoms with E-state index in [1.54, 1.807) is 0 Å². The monoisotopic (exact) mass is 521 g/mol. The van der Waals surface area contributed by atoms with Gasteiger partial charge in [-0.05, 0) is 56.1 Å². The van der Waals surface area contributed by atoms with E-state index in [1.807, 2.05) is 0 Å². The first-order chi connectivity index (χ1) is 13.1. The van der Waals surface area contributed by atoms with E-state index < -0.39 is 23.9 Å². The average Bonchev–Trinajstić information content (AvgIpc) is 3.08. The van der Waals surface area contributed by atoms with Gasteiger partial charge in [-0.1, -0.05) is 11.2 Å². The summed E-state index contributed by atoms with van der Waals surface area (Å²) in [6.07, 6.45) is -4.85. The highest BCUT2D eigenvalue weighted by Gasteiger charge is 2.31. The van der Waals surface area contributed by atoms with Crippen molar-refractivity contribution in [1.82, 2.24) is 10.1 Å². The van der Waals surface area contributed by atoms with E-state index in [1.165, 1.54) is 24.3 Å². The number of carbonyl (C=O) groups is 1. The molecule has 0 saturated carbocycles. The van der Waals surface area contributed by atoms with Gasteiger partial charge in [0.05, 0.1) is 8.95 Å². The number of rotatable bonds is 4. The fourth-order valence-electron chi connectivity index (χ4n) is 2.08. The summed E-state index contributed by atoms with van der Waals surface area (Å²) in [5.74, 6) is -1.67. The van der Waals surface area contributed by atoms with Crippen LogP contribution in [0.4, 0.5) is 18.9 Å². The number of hydrogen-bond donors (Lipinski definition) is 2. The highest BCUT2D eigenvalue weighted by atomic mass is 79.9. The largest absolute Gasteiger partial charge is 0.573 e. The van der Waals surface area contributed by atoms with E-state index in [0.717, 1.165) is 12.1 Å². The molecule has 0 saturated heterocycles. The molecule has 3 aromatic rings. The summed E-state index contributed by atoms with van der Waals surface area (Å²) in [5, 5.41) is 15.7. The zero-order valence-electron chi connectivity index (χ0n) is 13.4. The Morgan fingerprint density at radius 3 is 2.50 bits per heavy atom. The molecule has 0 radical (unpaired) electrons. The van der Waals surface area contributed by atoms with Crippen LogP contribution in [0.2, 0.25) is 0 Å². The third-order valence-corrected chi connectivity index (χ3v) is 4.43. The lowest BCUT2D eigenvalue weighted by molar-refractivity contribution is -0.274. The average molecular weight is 523 g/mol.